The number of nitrogens with zero attached hydrogens (tertiary/aromatic N) is 5. The summed E-state index contributed by atoms with van der Waals surface area (Å²) in [6.07, 6.45) is 3.51. The molecule has 2 aromatic carbocycles. The fourth-order valence-corrected chi connectivity index (χ4v) is 3.65. The Morgan fingerprint density at radius 1 is 1.00 bits per heavy atom. The van der Waals surface area contributed by atoms with E-state index in [0.717, 1.165) is 44.6 Å². The summed E-state index contributed by atoms with van der Waals surface area (Å²) in [5.41, 5.74) is 5.29. The molecule has 3 heterocycles. The average Bonchev–Trinajstić information content (AvgIpc) is 3.31. The van der Waals surface area contributed by atoms with Crippen LogP contribution in [0.5, 0.6) is 0 Å². The fraction of sp³-hybridized carbons (Fsp3) is 0.130. The molecule has 0 aliphatic rings. The van der Waals surface area contributed by atoms with Crippen molar-refractivity contribution in [3.8, 4) is 5.69 Å². The van der Waals surface area contributed by atoms with Crippen LogP contribution in [0.1, 0.15) is 11.3 Å². The highest BCUT2D eigenvalue weighted by Crippen LogP contribution is 2.28. The minimum atomic E-state index is -0.137. The lowest BCUT2D eigenvalue weighted by Crippen LogP contribution is -2.19. The second kappa shape index (κ2) is 7.11. The number of hydrogen-bond acceptors (Lipinski definition) is 4. The van der Waals surface area contributed by atoms with Crippen LogP contribution in [0.4, 0.5) is 5.69 Å². The molecule has 0 aliphatic carbocycles. The average molecular weight is 396 g/mol. The number of carbonyl (C=O) groups is 1. The molecule has 0 saturated heterocycles. The van der Waals surface area contributed by atoms with Gasteiger partial charge in [-0.1, -0.05) is 35.9 Å². The van der Waals surface area contributed by atoms with Crippen LogP contribution < -0.4 is 5.32 Å². The standard InChI is InChI=1S/C23H20N6O/c1-15-8-10-18(11-9-15)26-20(30)14-28-22-17(13-25-28)12-24-23-21(22)16(2)27-29(23)19-6-4-3-5-7-19/h3-13H,14H2,1-2H3,(H,26,30). The number of nitrogens with one attached hydrogen (secondary N) is 1. The maximum absolute atomic E-state index is 12.6. The molecule has 5 aromatic rings. The Morgan fingerprint density at radius 3 is 2.53 bits per heavy atom. The second-order valence-corrected chi connectivity index (χ2v) is 7.31. The van der Waals surface area contributed by atoms with Crippen LogP contribution in [0.15, 0.2) is 67.0 Å². The van der Waals surface area contributed by atoms with Gasteiger partial charge in [-0.3, -0.25) is 9.48 Å². The van der Waals surface area contributed by atoms with E-state index in [-0.39, 0.29) is 12.5 Å². The monoisotopic (exact) mass is 396 g/mol. The van der Waals surface area contributed by atoms with Gasteiger partial charge < -0.3 is 5.32 Å². The van der Waals surface area contributed by atoms with Gasteiger partial charge in [-0.2, -0.15) is 10.2 Å². The Morgan fingerprint density at radius 2 is 1.77 bits per heavy atom. The summed E-state index contributed by atoms with van der Waals surface area (Å²) in [6.45, 7) is 4.07. The number of rotatable bonds is 4. The molecule has 0 unspecified atom stereocenters. The number of pyridine rings is 1. The summed E-state index contributed by atoms with van der Waals surface area (Å²) in [7, 11) is 0. The van der Waals surface area contributed by atoms with Crippen molar-refractivity contribution in [1.82, 2.24) is 24.5 Å². The van der Waals surface area contributed by atoms with Gasteiger partial charge >= 0.3 is 0 Å². The second-order valence-electron chi connectivity index (χ2n) is 7.31. The van der Waals surface area contributed by atoms with Gasteiger partial charge in [-0.15, -0.1) is 0 Å². The SMILES string of the molecule is Cc1ccc(NC(=O)Cn2ncc3cnc4c(c(C)nn4-c4ccccc4)c32)cc1. The van der Waals surface area contributed by atoms with Gasteiger partial charge in [0.1, 0.15) is 6.54 Å². The summed E-state index contributed by atoms with van der Waals surface area (Å²) in [6, 6.07) is 17.6. The van der Waals surface area contributed by atoms with Crippen LogP contribution in [0.2, 0.25) is 0 Å². The van der Waals surface area contributed by atoms with Crippen molar-refractivity contribution >= 4 is 33.5 Å². The molecule has 1 N–H and O–H groups in total. The molecule has 7 heteroatoms. The molecule has 0 bridgehead atoms. The summed E-state index contributed by atoms with van der Waals surface area (Å²) in [5.74, 6) is -0.137. The molecule has 148 valence electrons. The van der Waals surface area contributed by atoms with Gasteiger partial charge in [-0.25, -0.2) is 9.67 Å². The van der Waals surface area contributed by atoms with E-state index in [1.165, 1.54) is 0 Å². The molecule has 1 amide bonds. The predicted octanol–water partition coefficient (Wildman–Crippen LogP) is 4.03. The lowest BCUT2D eigenvalue weighted by molar-refractivity contribution is -0.116. The van der Waals surface area contributed by atoms with Gasteiger partial charge in [0.05, 0.1) is 28.5 Å². The molecule has 0 spiro atoms. The van der Waals surface area contributed by atoms with Gasteiger partial charge in [0.15, 0.2) is 5.65 Å². The Bertz CT molecular complexity index is 1370. The summed E-state index contributed by atoms with van der Waals surface area (Å²) in [4.78, 5) is 17.3. The predicted molar refractivity (Wildman–Crippen MR) is 117 cm³/mol. The smallest absolute Gasteiger partial charge is 0.246 e. The van der Waals surface area contributed by atoms with Gasteiger partial charge in [0.25, 0.3) is 0 Å². The number of para-hydroxylation sites is 1. The zero-order valence-corrected chi connectivity index (χ0v) is 16.7. The van der Waals surface area contributed by atoms with Crippen LogP contribution >= 0.6 is 0 Å². The quantitative estimate of drug-likeness (QED) is 0.498. The Labute approximate surface area is 173 Å². The van der Waals surface area contributed by atoms with Crippen molar-refractivity contribution in [2.45, 2.75) is 20.4 Å². The van der Waals surface area contributed by atoms with Crippen molar-refractivity contribution in [3.63, 3.8) is 0 Å². The van der Waals surface area contributed by atoms with Gasteiger partial charge in [0.2, 0.25) is 5.91 Å². The lowest BCUT2D eigenvalue weighted by Gasteiger charge is -2.07. The number of anilines is 1. The van der Waals surface area contributed by atoms with Crippen molar-refractivity contribution < 1.29 is 4.79 Å². The van der Waals surface area contributed by atoms with Gasteiger partial charge in [-0.05, 0) is 38.1 Å². The summed E-state index contributed by atoms with van der Waals surface area (Å²) >= 11 is 0. The number of fused-ring (bicyclic) bond motifs is 3. The van der Waals surface area contributed by atoms with E-state index in [1.54, 1.807) is 17.1 Å². The number of aryl methyl sites for hydroxylation is 2. The van der Waals surface area contributed by atoms with E-state index in [1.807, 2.05) is 73.1 Å². The van der Waals surface area contributed by atoms with Crippen LogP contribution in [-0.4, -0.2) is 30.5 Å². The molecule has 0 aliphatic heterocycles. The van der Waals surface area contributed by atoms with Crippen LogP contribution in [0, 0.1) is 13.8 Å². The maximum atomic E-state index is 12.6. The molecule has 30 heavy (non-hydrogen) atoms. The van der Waals surface area contributed by atoms with Crippen LogP contribution in [0.3, 0.4) is 0 Å². The Balaban J connectivity index is 1.55. The summed E-state index contributed by atoms with van der Waals surface area (Å²) < 4.78 is 3.54. The maximum Gasteiger partial charge on any atom is 0.246 e. The minimum Gasteiger partial charge on any atom is -0.324 e. The molecule has 0 radical (unpaired) electrons. The molecule has 7 nitrogen and oxygen atoms in total. The normalized spacial score (nSPS) is 11.3. The zero-order chi connectivity index (χ0) is 20.7. The molecule has 3 aromatic heterocycles. The fourth-order valence-electron chi connectivity index (χ4n) is 3.65. The number of hydrogen-bond donors (Lipinski definition) is 1. The highest BCUT2D eigenvalue weighted by atomic mass is 16.2. The number of amides is 1. The molecular formula is C23H20N6O. The zero-order valence-electron chi connectivity index (χ0n) is 16.7. The third-order valence-corrected chi connectivity index (χ3v) is 5.10. The first-order valence-electron chi connectivity index (χ1n) is 9.72. The molecule has 0 fully saturated rings. The van der Waals surface area contributed by atoms with Crippen molar-refractivity contribution in [2.75, 3.05) is 5.32 Å². The Kier molecular flexibility index (Phi) is 4.28. The lowest BCUT2D eigenvalue weighted by atomic mass is 10.2. The Hall–Kier alpha value is -4.00. The van der Waals surface area contributed by atoms with Gasteiger partial charge in [0, 0.05) is 17.3 Å². The summed E-state index contributed by atoms with van der Waals surface area (Å²) in [5, 5.41) is 13.8. The highest BCUT2D eigenvalue weighted by molar-refractivity contribution is 6.04. The highest BCUT2D eigenvalue weighted by Gasteiger charge is 2.18. The van der Waals surface area contributed by atoms with E-state index in [4.69, 9.17) is 5.10 Å². The van der Waals surface area contributed by atoms with E-state index in [0.29, 0.717) is 0 Å². The topological polar surface area (TPSA) is 77.6 Å². The first-order chi connectivity index (χ1) is 14.6. The van der Waals surface area contributed by atoms with E-state index >= 15 is 0 Å². The molecule has 5 rings (SSSR count). The minimum absolute atomic E-state index is 0.104. The largest absolute Gasteiger partial charge is 0.324 e. The first-order valence-corrected chi connectivity index (χ1v) is 9.72. The third-order valence-electron chi connectivity index (χ3n) is 5.10. The van der Waals surface area contributed by atoms with Crippen molar-refractivity contribution in [3.05, 3.63) is 78.2 Å². The molecule has 0 atom stereocenters. The molecular weight excluding hydrogens is 376 g/mol. The van der Waals surface area contributed by atoms with E-state index in [2.05, 4.69) is 15.4 Å². The first kappa shape index (κ1) is 18.1. The number of benzene rings is 2. The number of aromatic nitrogens is 5. The van der Waals surface area contributed by atoms with Crippen molar-refractivity contribution in [1.29, 1.82) is 0 Å². The molecule has 0 saturated carbocycles. The third kappa shape index (κ3) is 3.10. The van der Waals surface area contributed by atoms with E-state index in [9.17, 15) is 4.79 Å². The van der Waals surface area contributed by atoms with E-state index < -0.39 is 0 Å². The van der Waals surface area contributed by atoms with Crippen LogP contribution in [-0.2, 0) is 11.3 Å². The number of carbonyl (C=O) groups excluding carboxylic acids is 1. The van der Waals surface area contributed by atoms with Crippen LogP contribution in [0.25, 0.3) is 27.6 Å². The van der Waals surface area contributed by atoms with Crippen molar-refractivity contribution in [2.24, 2.45) is 0 Å².